The third-order valence-electron chi connectivity index (χ3n) is 4.27. The highest BCUT2D eigenvalue weighted by Gasteiger charge is 2.75. The van der Waals surface area contributed by atoms with Gasteiger partial charge in [-0.3, -0.25) is 9.47 Å². The molecule has 1 aromatic carbocycles. The number of carbonyl (C=O) groups is 1. The van der Waals surface area contributed by atoms with Crippen molar-refractivity contribution >= 4 is 5.97 Å². The maximum atomic E-state index is 12.1. The summed E-state index contributed by atoms with van der Waals surface area (Å²) in [4.78, 5) is 12.1. The van der Waals surface area contributed by atoms with Crippen molar-refractivity contribution < 1.29 is 28.5 Å². The molecule has 114 valence electrons. The van der Waals surface area contributed by atoms with E-state index < -0.39 is 23.5 Å². The number of ether oxygens (including phenoxy) is 5. The van der Waals surface area contributed by atoms with Gasteiger partial charge in [0, 0.05) is 0 Å². The minimum atomic E-state index is -1.76. The molecule has 0 bridgehead atoms. The number of hydrogen-bond acceptors (Lipinski definition) is 7. The van der Waals surface area contributed by atoms with Crippen LogP contribution >= 0.6 is 0 Å². The fourth-order valence-electron chi connectivity index (χ4n) is 3.23. The first-order chi connectivity index (χ1) is 11.1. The summed E-state index contributed by atoms with van der Waals surface area (Å²) in [6, 6.07) is 8.80. The Balaban J connectivity index is 1.70. The van der Waals surface area contributed by atoms with Crippen LogP contribution < -0.4 is 0 Å². The lowest BCUT2D eigenvalue weighted by atomic mass is 9.96. The zero-order chi connectivity index (χ0) is 15.7. The number of esters is 1. The van der Waals surface area contributed by atoms with Gasteiger partial charge in [-0.25, -0.2) is 4.79 Å². The summed E-state index contributed by atoms with van der Waals surface area (Å²) in [6.07, 6.45) is 4.57. The summed E-state index contributed by atoms with van der Waals surface area (Å²) in [5.41, 5.74) is 1.13. The van der Waals surface area contributed by atoms with Crippen molar-refractivity contribution in [1.29, 1.82) is 5.26 Å². The van der Waals surface area contributed by atoms with E-state index in [2.05, 4.69) is 0 Å². The quantitative estimate of drug-likeness (QED) is 0.670. The van der Waals surface area contributed by atoms with Crippen molar-refractivity contribution in [1.82, 2.24) is 0 Å². The van der Waals surface area contributed by atoms with Crippen molar-refractivity contribution in [2.24, 2.45) is 0 Å². The van der Waals surface area contributed by atoms with Gasteiger partial charge < -0.3 is 14.2 Å². The molecule has 0 amide bonds. The normalized spacial score (nSPS) is 39.4. The Kier molecular flexibility index (Phi) is 2.19. The van der Waals surface area contributed by atoms with Crippen LogP contribution in [0.5, 0.6) is 0 Å². The number of nitriles is 1. The monoisotopic (exact) mass is 311 g/mol. The van der Waals surface area contributed by atoms with Crippen molar-refractivity contribution in [3.63, 3.8) is 0 Å². The number of rotatable bonds is 0. The van der Waals surface area contributed by atoms with E-state index in [0.717, 1.165) is 0 Å². The molecule has 2 saturated heterocycles. The molecule has 1 aromatic rings. The average molecular weight is 311 g/mol. The second-order valence-electron chi connectivity index (χ2n) is 5.48. The first-order valence-electron chi connectivity index (χ1n) is 6.95. The topological polar surface area (TPSA) is 87.0 Å². The SMILES string of the molecule is N#CC1=CC23OCOC2(C=C1)OC1(OC(=O)c2ccccc21)O3. The number of hydrogen-bond donors (Lipinski definition) is 0. The highest BCUT2D eigenvalue weighted by atomic mass is 17.0. The summed E-state index contributed by atoms with van der Waals surface area (Å²) in [6.45, 7) is -0.0782. The fraction of sp³-hybridized carbons (Fsp3) is 0.250. The first kappa shape index (κ1) is 13.0. The molecule has 5 rings (SSSR count). The van der Waals surface area contributed by atoms with Crippen molar-refractivity contribution in [3.8, 4) is 6.07 Å². The van der Waals surface area contributed by atoms with E-state index in [4.69, 9.17) is 28.9 Å². The van der Waals surface area contributed by atoms with Gasteiger partial charge in [-0.05, 0) is 30.4 Å². The molecule has 1 spiro atoms. The van der Waals surface area contributed by atoms with Gasteiger partial charge in [0.15, 0.2) is 6.79 Å². The molecule has 7 heteroatoms. The molecule has 0 aromatic heterocycles. The minimum Gasteiger partial charge on any atom is -0.400 e. The summed E-state index contributed by atoms with van der Waals surface area (Å²) >= 11 is 0. The molecule has 4 aliphatic rings. The molecule has 0 radical (unpaired) electrons. The number of benzene rings is 1. The van der Waals surface area contributed by atoms with Gasteiger partial charge in [0.25, 0.3) is 11.6 Å². The van der Waals surface area contributed by atoms with E-state index >= 15 is 0 Å². The molecular weight excluding hydrogens is 302 g/mol. The van der Waals surface area contributed by atoms with E-state index in [1.165, 1.54) is 6.08 Å². The highest BCUT2D eigenvalue weighted by molar-refractivity contribution is 5.94. The van der Waals surface area contributed by atoms with Crippen LogP contribution in [0, 0.1) is 11.3 Å². The van der Waals surface area contributed by atoms with E-state index in [0.29, 0.717) is 16.7 Å². The molecule has 0 N–H and O–H groups in total. The predicted octanol–water partition coefficient (Wildman–Crippen LogP) is 1.43. The summed E-state index contributed by atoms with van der Waals surface area (Å²) < 4.78 is 28.5. The van der Waals surface area contributed by atoms with Crippen LogP contribution in [-0.4, -0.2) is 24.3 Å². The summed E-state index contributed by atoms with van der Waals surface area (Å²) in [5, 5.41) is 9.13. The predicted molar refractivity (Wildman–Crippen MR) is 71.0 cm³/mol. The molecule has 0 saturated carbocycles. The third-order valence-corrected chi connectivity index (χ3v) is 4.27. The van der Waals surface area contributed by atoms with Gasteiger partial charge in [0.2, 0.25) is 0 Å². The molecule has 23 heavy (non-hydrogen) atoms. The van der Waals surface area contributed by atoms with Crippen LogP contribution in [0.25, 0.3) is 0 Å². The Bertz CT molecular complexity index is 854. The second-order valence-corrected chi connectivity index (χ2v) is 5.48. The Morgan fingerprint density at radius 2 is 1.91 bits per heavy atom. The van der Waals surface area contributed by atoms with Crippen LogP contribution in [0.4, 0.5) is 0 Å². The maximum Gasteiger partial charge on any atom is 0.365 e. The Labute approximate surface area is 130 Å². The second kappa shape index (κ2) is 3.88. The largest absolute Gasteiger partial charge is 0.400 e. The number of carbonyl (C=O) groups excluding carboxylic acids is 1. The number of nitrogens with zero attached hydrogens (tertiary/aromatic N) is 1. The van der Waals surface area contributed by atoms with Gasteiger partial charge in [-0.15, -0.1) is 0 Å². The Morgan fingerprint density at radius 3 is 2.78 bits per heavy atom. The van der Waals surface area contributed by atoms with Crippen LogP contribution in [0.15, 0.2) is 48.1 Å². The summed E-state index contributed by atoms with van der Waals surface area (Å²) in [5.74, 6) is -5.21. The number of allylic oxidation sites excluding steroid dienone is 2. The van der Waals surface area contributed by atoms with E-state index in [9.17, 15) is 4.79 Å². The molecule has 7 nitrogen and oxygen atoms in total. The molecule has 1 aliphatic carbocycles. The lowest BCUT2D eigenvalue weighted by Crippen LogP contribution is -2.47. The Morgan fingerprint density at radius 1 is 1.13 bits per heavy atom. The molecule has 3 heterocycles. The highest BCUT2D eigenvalue weighted by Crippen LogP contribution is 2.58. The lowest BCUT2D eigenvalue weighted by molar-refractivity contribution is -0.369. The zero-order valence-corrected chi connectivity index (χ0v) is 11.6. The van der Waals surface area contributed by atoms with Crippen LogP contribution in [0.1, 0.15) is 15.9 Å². The van der Waals surface area contributed by atoms with E-state index in [1.807, 2.05) is 6.07 Å². The van der Waals surface area contributed by atoms with Gasteiger partial charge in [0.1, 0.15) is 0 Å². The van der Waals surface area contributed by atoms with Gasteiger partial charge in [0.05, 0.1) is 22.8 Å². The smallest absolute Gasteiger partial charge is 0.365 e. The zero-order valence-electron chi connectivity index (χ0n) is 11.6. The maximum absolute atomic E-state index is 12.1. The van der Waals surface area contributed by atoms with Gasteiger partial charge >= 0.3 is 11.9 Å². The standard InChI is InChI=1S/C16H9NO6/c17-8-10-5-6-14-15(7-10,20-9-19-14)23-16(22-14)12-4-2-1-3-11(12)13(18)21-16/h1-7H,9H2. The molecule has 2 fully saturated rings. The molecule has 3 unspecified atom stereocenters. The summed E-state index contributed by atoms with van der Waals surface area (Å²) in [7, 11) is 0. The van der Waals surface area contributed by atoms with E-state index in [-0.39, 0.29) is 6.79 Å². The van der Waals surface area contributed by atoms with Crippen molar-refractivity contribution in [2.75, 3.05) is 6.79 Å². The molecular formula is C16H9NO6. The van der Waals surface area contributed by atoms with Gasteiger partial charge in [-0.2, -0.15) is 5.26 Å². The Hall–Kier alpha value is -2.50. The van der Waals surface area contributed by atoms with Crippen LogP contribution in [0.2, 0.25) is 0 Å². The van der Waals surface area contributed by atoms with Crippen molar-refractivity contribution in [3.05, 3.63) is 59.2 Å². The lowest BCUT2D eigenvalue weighted by Gasteiger charge is -2.29. The minimum absolute atomic E-state index is 0.0782. The number of fused-ring (bicyclic) bond motifs is 2. The fourth-order valence-corrected chi connectivity index (χ4v) is 3.23. The molecule has 3 aliphatic heterocycles. The molecule has 3 atom stereocenters. The van der Waals surface area contributed by atoms with Gasteiger partial charge in [-0.1, -0.05) is 12.1 Å². The van der Waals surface area contributed by atoms with E-state index in [1.54, 1.807) is 36.4 Å². The van der Waals surface area contributed by atoms with Crippen molar-refractivity contribution in [2.45, 2.75) is 17.5 Å². The first-order valence-corrected chi connectivity index (χ1v) is 6.95. The van der Waals surface area contributed by atoms with Crippen LogP contribution in [-0.2, 0) is 29.7 Å². The third kappa shape index (κ3) is 1.39. The average Bonchev–Trinajstić information content (AvgIpc) is 3.13. The van der Waals surface area contributed by atoms with Crippen LogP contribution in [0.3, 0.4) is 0 Å².